The van der Waals surface area contributed by atoms with Crippen molar-refractivity contribution in [2.75, 3.05) is 26.5 Å². The van der Waals surface area contributed by atoms with Gasteiger partial charge in [-0.2, -0.15) is 8.78 Å². The summed E-state index contributed by atoms with van der Waals surface area (Å²) in [5, 5.41) is 5.58. The van der Waals surface area contributed by atoms with Gasteiger partial charge in [0.2, 0.25) is 5.91 Å². The number of nitrogens with one attached hydrogen (secondary N) is 2. The van der Waals surface area contributed by atoms with E-state index in [-0.39, 0.29) is 43.1 Å². The first-order chi connectivity index (χ1) is 12.2. The van der Waals surface area contributed by atoms with Crippen molar-refractivity contribution >= 4 is 28.2 Å². The van der Waals surface area contributed by atoms with Crippen LogP contribution in [0, 0.1) is 0 Å². The number of sulfone groups is 1. The maximum Gasteiger partial charge on any atom is 0.387 e. The topological polar surface area (TPSA) is 93.7 Å². The van der Waals surface area contributed by atoms with Crippen LogP contribution >= 0.6 is 12.4 Å². The van der Waals surface area contributed by atoms with Crippen molar-refractivity contribution in [3.05, 3.63) is 23.8 Å². The number of rotatable bonds is 7. The van der Waals surface area contributed by atoms with Gasteiger partial charge in [-0.15, -0.1) is 12.4 Å². The molecule has 7 nitrogen and oxygen atoms in total. The van der Waals surface area contributed by atoms with E-state index < -0.39 is 27.1 Å². The van der Waals surface area contributed by atoms with E-state index in [0.29, 0.717) is 18.8 Å². The molecule has 0 atom stereocenters. The lowest BCUT2D eigenvalue weighted by Gasteiger charge is -2.34. The van der Waals surface area contributed by atoms with Crippen LogP contribution < -0.4 is 20.1 Å². The van der Waals surface area contributed by atoms with Crippen LogP contribution in [0.1, 0.15) is 18.4 Å². The summed E-state index contributed by atoms with van der Waals surface area (Å²) >= 11 is 0. The highest BCUT2D eigenvalue weighted by molar-refractivity contribution is 7.92. The normalized spacial score (nSPS) is 16.3. The number of amides is 1. The third-order valence-electron chi connectivity index (χ3n) is 4.46. The van der Waals surface area contributed by atoms with Crippen molar-refractivity contribution in [2.45, 2.75) is 30.7 Å². The average molecular weight is 429 g/mol. The van der Waals surface area contributed by atoms with Crippen LogP contribution in [0.3, 0.4) is 0 Å². The van der Waals surface area contributed by atoms with Gasteiger partial charge in [0, 0.05) is 18.4 Å². The van der Waals surface area contributed by atoms with Gasteiger partial charge in [-0.25, -0.2) is 8.42 Å². The number of ether oxygens (including phenoxy) is 2. The molecule has 0 aromatic heterocycles. The molecule has 1 aliphatic rings. The zero-order chi connectivity index (χ0) is 19.4. The molecule has 2 N–H and O–H groups in total. The number of carbonyl (C=O) groups excluding carboxylic acids is 1. The molecule has 0 aliphatic carbocycles. The average Bonchev–Trinajstić information content (AvgIpc) is 2.59. The summed E-state index contributed by atoms with van der Waals surface area (Å²) < 4.78 is 57.6. The predicted molar refractivity (Wildman–Crippen MR) is 98.4 cm³/mol. The largest absolute Gasteiger partial charge is 0.497 e. The minimum atomic E-state index is -3.66. The van der Waals surface area contributed by atoms with Crippen molar-refractivity contribution in [3.63, 3.8) is 0 Å². The summed E-state index contributed by atoms with van der Waals surface area (Å²) in [6, 6.07) is 4.21. The van der Waals surface area contributed by atoms with Crippen LogP contribution in [0.4, 0.5) is 8.78 Å². The van der Waals surface area contributed by atoms with Crippen LogP contribution in [0.15, 0.2) is 18.2 Å². The SMILES string of the molecule is COc1ccc(OC(F)F)c(CNC(=O)C2(S(C)(=O)=O)CCNCC2)c1.Cl. The number of hydrogen-bond donors (Lipinski definition) is 2. The molecule has 0 saturated carbocycles. The Morgan fingerprint density at radius 3 is 2.48 bits per heavy atom. The molecule has 0 spiro atoms. The molecule has 0 bridgehead atoms. The van der Waals surface area contributed by atoms with E-state index >= 15 is 0 Å². The number of benzene rings is 1. The third-order valence-corrected chi connectivity index (χ3v) is 6.47. The zero-order valence-corrected chi connectivity index (χ0v) is 16.6. The lowest BCUT2D eigenvalue weighted by molar-refractivity contribution is -0.124. The van der Waals surface area contributed by atoms with Crippen molar-refractivity contribution in [1.29, 1.82) is 0 Å². The third kappa shape index (κ3) is 5.43. The number of carbonyl (C=O) groups is 1. The molecule has 27 heavy (non-hydrogen) atoms. The Morgan fingerprint density at radius 1 is 1.33 bits per heavy atom. The van der Waals surface area contributed by atoms with Gasteiger partial charge in [0.25, 0.3) is 0 Å². The van der Waals surface area contributed by atoms with Crippen LogP contribution in [0.2, 0.25) is 0 Å². The van der Waals surface area contributed by atoms with Crippen molar-refractivity contribution in [1.82, 2.24) is 10.6 Å². The standard InChI is InChI=1S/C16H22F2N2O5S.ClH/c1-24-12-3-4-13(25-15(17)18)11(9-12)10-20-14(21)16(26(2,22)23)5-7-19-8-6-16;/h3-4,9,15,19H,5-8,10H2,1-2H3,(H,20,21);1H. The first kappa shape index (κ1) is 23.4. The van der Waals surface area contributed by atoms with E-state index in [2.05, 4.69) is 15.4 Å². The Hall–Kier alpha value is -1.65. The van der Waals surface area contributed by atoms with E-state index in [4.69, 9.17) is 4.74 Å². The van der Waals surface area contributed by atoms with Crippen molar-refractivity contribution in [3.8, 4) is 11.5 Å². The molecule has 1 aliphatic heterocycles. The van der Waals surface area contributed by atoms with Gasteiger partial charge in [0.15, 0.2) is 14.6 Å². The Balaban J connectivity index is 0.00000364. The number of alkyl halides is 2. The molecule has 154 valence electrons. The molecular formula is C16H23ClF2N2O5S. The van der Waals surface area contributed by atoms with E-state index in [9.17, 15) is 22.0 Å². The number of halogens is 3. The summed E-state index contributed by atoms with van der Waals surface area (Å²) in [5.41, 5.74) is 0.260. The first-order valence-electron chi connectivity index (χ1n) is 8.00. The molecule has 0 unspecified atom stereocenters. The second kappa shape index (κ2) is 9.52. The quantitative estimate of drug-likeness (QED) is 0.683. The summed E-state index contributed by atoms with van der Waals surface area (Å²) in [6.45, 7) is -2.38. The smallest absolute Gasteiger partial charge is 0.387 e. The van der Waals surface area contributed by atoms with Gasteiger partial charge in [-0.3, -0.25) is 4.79 Å². The van der Waals surface area contributed by atoms with Crippen LogP contribution in [0.5, 0.6) is 11.5 Å². The second-order valence-corrected chi connectivity index (χ2v) is 8.38. The fourth-order valence-electron chi connectivity index (χ4n) is 2.97. The predicted octanol–water partition coefficient (Wildman–Crippen LogP) is 1.50. The van der Waals surface area contributed by atoms with Gasteiger partial charge in [-0.05, 0) is 44.1 Å². The lowest BCUT2D eigenvalue weighted by Crippen LogP contribution is -2.57. The minimum Gasteiger partial charge on any atom is -0.497 e. The Morgan fingerprint density at radius 2 is 1.96 bits per heavy atom. The highest BCUT2D eigenvalue weighted by atomic mass is 35.5. The summed E-state index contributed by atoms with van der Waals surface area (Å²) in [6.07, 6.45) is 1.33. The highest BCUT2D eigenvalue weighted by Gasteiger charge is 2.48. The molecule has 1 saturated heterocycles. The van der Waals surface area contributed by atoms with Gasteiger partial charge in [0.1, 0.15) is 11.5 Å². The molecule has 1 fully saturated rings. The Bertz CT molecular complexity index is 755. The number of piperidine rings is 1. The van der Waals surface area contributed by atoms with Gasteiger partial charge in [0.05, 0.1) is 7.11 Å². The molecule has 11 heteroatoms. The molecule has 1 aromatic carbocycles. The van der Waals surface area contributed by atoms with Crippen LogP contribution in [-0.2, 0) is 21.2 Å². The van der Waals surface area contributed by atoms with Crippen LogP contribution in [-0.4, -0.2) is 52.1 Å². The van der Waals surface area contributed by atoms with Crippen LogP contribution in [0.25, 0.3) is 0 Å². The zero-order valence-electron chi connectivity index (χ0n) is 15.0. The van der Waals surface area contributed by atoms with E-state index in [0.717, 1.165) is 6.26 Å². The summed E-state index contributed by atoms with van der Waals surface area (Å²) in [5.74, 6) is -0.359. The monoisotopic (exact) mass is 428 g/mol. The molecule has 0 radical (unpaired) electrons. The molecule has 1 heterocycles. The molecule has 1 aromatic rings. The number of methoxy groups -OCH3 is 1. The minimum absolute atomic E-state index is 0. The number of hydrogen-bond acceptors (Lipinski definition) is 6. The maximum atomic E-state index is 12.7. The summed E-state index contributed by atoms with van der Waals surface area (Å²) in [4.78, 5) is 12.7. The highest BCUT2D eigenvalue weighted by Crippen LogP contribution is 2.29. The van der Waals surface area contributed by atoms with E-state index in [1.165, 1.54) is 25.3 Å². The maximum absolute atomic E-state index is 12.7. The second-order valence-electron chi connectivity index (χ2n) is 6.05. The molecule has 2 rings (SSSR count). The first-order valence-corrected chi connectivity index (χ1v) is 9.89. The van der Waals surface area contributed by atoms with E-state index in [1.807, 2.05) is 0 Å². The van der Waals surface area contributed by atoms with Gasteiger partial charge < -0.3 is 20.1 Å². The van der Waals surface area contributed by atoms with Crippen molar-refractivity contribution < 1.29 is 31.5 Å². The van der Waals surface area contributed by atoms with Gasteiger partial charge >= 0.3 is 6.61 Å². The van der Waals surface area contributed by atoms with E-state index in [1.54, 1.807) is 0 Å². The Labute approximate surface area is 163 Å². The van der Waals surface area contributed by atoms with Gasteiger partial charge in [-0.1, -0.05) is 0 Å². The fraction of sp³-hybridized carbons (Fsp3) is 0.562. The lowest BCUT2D eigenvalue weighted by atomic mass is 9.95. The van der Waals surface area contributed by atoms with Crippen molar-refractivity contribution in [2.24, 2.45) is 0 Å². The Kier molecular flexibility index (Phi) is 8.24. The molecule has 1 amide bonds. The summed E-state index contributed by atoms with van der Waals surface area (Å²) in [7, 11) is -2.25. The fourth-order valence-corrected chi connectivity index (χ4v) is 4.32. The molecular weight excluding hydrogens is 406 g/mol.